The molecule has 29 heavy (non-hydrogen) atoms. The first kappa shape index (κ1) is 21.3. The van der Waals surface area contributed by atoms with E-state index in [1.165, 1.54) is 29.1 Å². The number of aromatic nitrogens is 1. The molecule has 1 amide bonds. The summed E-state index contributed by atoms with van der Waals surface area (Å²) in [6.45, 7) is 3.25. The van der Waals surface area contributed by atoms with Crippen LogP contribution < -0.4 is 14.6 Å². The monoisotopic (exact) mass is 418 g/mol. The van der Waals surface area contributed by atoms with Crippen LogP contribution in [0.2, 0.25) is 0 Å². The largest absolute Gasteiger partial charge is 0.495 e. The van der Waals surface area contributed by atoms with Gasteiger partial charge in [0.2, 0.25) is 16.6 Å². The Morgan fingerprint density at radius 1 is 1.14 bits per heavy atom. The molecule has 1 aliphatic heterocycles. The number of piperidine rings is 1. The van der Waals surface area contributed by atoms with Gasteiger partial charge in [0.25, 0.3) is 5.91 Å². The summed E-state index contributed by atoms with van der Waals surface area (Å²) >= 11 is 0. The van der Waals surface area contributed by atoms with Gasteiger partial charge in [0, 0.05) is 25.2 Å². The molecule has 0 spiro atoms. The molecule has 1 aliphatic rings. The number of rotatable bonds is 7. The van der Waals surface area contributed by atoms with Gasteiger partial charge in [-0.1, -0.05) is 13.3 Å². The summed E-state index contributed by atoms with van der Waals surface area (Å²) in [4.78, 5) is 12.7. The topological polar surface area (TPSA) is 79.6 Å². The summed E-state index contributed by atoms with van der Waals surface area (Å²) in [7, 11) is -2.10. The fourth-order valence-corrected chi connectivity index (χ4v) is 4.93. The van der Waals surface area contributed by atoms with E-state index < -0.39 is 10.0 Å². The number of hydrogen-bond donors (Lipinski definition) is 1. The lowest BCUT2D eigenvalue weighted by Crippen LogP contribution is -2.39. The number of hydrogen-bond acceptors (Lipinski definition) is 4. The molecule has 0 unspecified atom stereocenters. The molecule has 1 aromatic carbocycles. The first-order chi connectivity index (χ1) is 13.9. The average Bonchev–Trinajstić information content (AvgIpc) is 2.74. The van der Waals surface area contributed by atoms with Crippen molar-refractivity contribution in [1.82, 2.24) is 4.31 Å². The van der Waals surface area contributed by atoms with E-state index in [9.17, 15) is 13.2 Å². The van der Waals surface area contributed by atoms with Crippen LogP contribution in [0.4, 0.5) is 5.69 Å². The third-order valence-electron chi connectivity index (χ3n) is 5.09. The van der Waals surface area contributed by atoms with Crippen molar-refractivity contribution in [3.8, 4) is 5.75 Å². The van der Waals surface area contributed by atoms with Crippen molar-refractivity contribution in [1.29, 1.82) is 0 Å². The number of carbonyl (C=O) groups excluding carboxylic acids is 1. The van der Waals surface area contributed by atoms with E-state index in [2.05, 4.69) is 12.2 Å². The van der Waals surface area contributed by atoms with Crippen molar-refractivity contribution in [2.75, 3.05) is 25.5 Å². The highest BCUT2D eigenvalue weighted by atomic mass is 32.2. The molecule has 0 atom stereocenters. The predicted octanol–water partition coefficient (Wildman–Crippen LogP) is 2.36. The van der Waals surface area contributed by atoms with Crippen LogP contribution >= 0.6 is 0 Å². The van der Waals surface area contributed by atoms with Crippen molar-refractivity contribution in [3.63, 3.8) is 0 Å². The highest BCUT2D eigenvalue weighted by Crippen LogP contribution is 2.29. The van der Waals surface area contributed by atoms with Crippen molar-refractivity contribution < 1.29 is 22.5 Å². The minimum atomic E-state index is -3.59. The normalized spacial score (nSPS) is 15.1. The lowest BCUT2D eigenvalue weighted by molar-refractivity contribution is -0.684. The van der Waals surface area contributed by atoms with Crippen molar-refractivity contribution in [2.45, 2.75) is 44.0 Å². The molecule has 0 saturated carbocycles. The van der Waals surface area contributed by atoms with E-state index in [0.29, 0.717) is 24.5 Å². The van der Waals surface area contributed by atoms with Crippen LogP contribution in [0.1, 0.15) is 31.7 Å². The predicted molar refractivity (Wildman–Crippen MR) is 110 cm³/mol. The first-order valence-electron chi connectivity index (χ1n) is 9.90. The van der Waals surface area contributed by atoms with E-state index in [1.54, 1.807) is 10.6 Å². The maximum atomic E-state index is 12.9. The van der Waals surface area contributed by atoms with Gasteiger partial charge in [-0.05, 0) is 43.0 Å². The Labute approximate surface area is 172 Å². The summed E-state index contributed by atoms with van der Waals surface area (Å²) in [6.07, 6.45) is 7.43. The number of nitrogens with zero attached hydrogens (tertiary/aromatic N) is 2. The second-order valence-electron chi connectivity index (χ2n) is 7.11. The highest BCUT2D eigenvalue weighted by molar-refractivity contribution is 7.89. The van der Waals surface area contributed by atoms with Gasteiger partial charge in [-0.25, -0.2) is 8.42 Å². The number of nitrogens with one attached hydrogen (secondary N) is 1. The SMILES string of the molecule is CCc1cc[n+](CC(=O)Nc2cc(S(=O)(=O)N3CCCCC3)ccc2OC)cc1. The number of pyridine rings is 1. The van der Waals surface area contributed by atoms with Crippen molar-refractivity contribution in [2.24, 2.45) is 0 Å². The zero-order valence-corrected chi connectivity index (χ0v) is 17.7. The van der Waals surface area contributed by atoms with E-state index in [4.69, 9.17) is 4.74 Å². The van der Waals surface area contributed by atoms with Gasteiger partial charge in [0.1, 0.15) is 5.75 Å². The molecule has 7 nitrogen and oxygen atoms in total. The number of anilines is 1. The van der Waals surface area contributed by atoms with Crippen LogP contribution in [0.25, 0.3) is 0 Å². The maximum Gasteiger partial charge on any atom is 0.290 e. The fraction of sp³-hybridized carbons (Fsp3) is 0.429. The van der Waals surface area contributed by atoms with Gasteiger partial charge in [-0.2, -0.15) is 8.87 Å². The van der Waals surface area contributed by atoms with Crippen LogP contribution in [-0.2, 0) is 27.8 Å². The Morgan fingerprint density at radius 2 is 1.83 bits per heavy atom. The van der Waals surface area contributed by atoms with Crippen LogP contribution in [0.5, 0.6) is 5.75 Å². The Morgan fingerprint density at radius 3 is 2.45 bits per heavy atom. The number of methoxy groups -OCH3 is 1. The lowest BCUT2D eigenvalue weighted by Gasteiger charge is -2.26. The third kappa shape index (κ3) is 5.13. The molecule has 0 radical (unpaired) electrons. The second kappa shape index (κ2) is 9.37. The maximum absolute atomic E-state index is 12.9. The van der Waals surface area contributed by atoms with Crippen LogP contribution in [0.3, 0.4) is 0 Å². The van der Waals surface area contributed by atoms with E-state index in [0.717, 1.165) is 25.7 Å². The van der Waals surface area contributed by atoms with Gasteiger partial charge < -0.3 is 10.1 Å². The summed E-state index contributed by atoms with van der Waals surface area (Å²) < 4.78 is 34.5. The summed E-state index contributed by atoms with van der Waals surface area (Å²) in [5.74, 6) is 0.160. The number of ether oxygens (including phenoxy) is 1. The summed E-state index contributed by atoms with van der Waals surface area (Å²) in [5, 5.41) is 2.79. The molecule has 1 fully saturated rings. The molecule has 1 aromatic heterocycles. The number of aryl methyl sites for hydroxylation is 1. The molecule has 8 heteroatoms. The van der Waals surface area contributed by atoms with Gasteiger partial charge >= 0.3 is 0 Å². The molecule has 3 rings (SSSR count). The lowest BCUT2D eigenvalue weighted by atomic mass is 10.2. The zero-order chi connectivity index (χ0) is 20.9. The Balaban J connectivity index is 1.78. The van der Waals surface area contributed by atoms with Gasteiger partial charge in [-0.15, -0.1) is 0 Å². The molecule has 1 N–H and O–H groups in total. The van der Waals surface area contributed by atoms with Gasteiger partial charge in [0.15, 0.2) is 12.4 Å². The first-order valence-corrected chi connectivity index (χ1v) is 11.3. The van der Waals surface area contributed by atoms with Crippen LogP contribution in [0, 0.1) is 0 Å². The standard InChI is InChI=1S/C21H27N3O4S/c1-3-17-9-13-23(14-10-17)16-21(25)22-19-15-18(7-8-20(19)28-2)29(26,27)24-11-5-4-6-12-24/h7-10,13-15H,3-6,11-12,16H2,1-2H3/p+1. The smallest absolute Gasteiger partial charge is 0.290 e. The minimum Gasteiger partial charge on any atom is -0.495 e. The number of sulfonamides is 1. The number of amides is 1. The third-order valence-corrected chi connectivity index (χ3v) is 6.99. The fourth-order valence-electron chi connectivity index (χ4n) is 3.38. The molecular weight excluding hydrogens is 390 g/mol. The Hall–Kier alpha value is -2.45. The van der Waals surface area contributed by atoms with Crippen LogP contribution in [0.15, 0.2) is 47.6 Å². The molecule has 2 heterocycles. The van der Waals surface area contributed by atoms with E-state index >= 15 is 0 Å². The summed E-state index contributed by atoms with van der Waals surface area (Å²) in [6, 6.07) is 8.52. The molecule has 1 saturated heterocycles. The minimum absolute atomic E-state index is 0.121. The molecule has 2 aromatic rings. The van der Waals surface area contributed by atoms with Crippen LogP contribution in [-0.4, -0.2) is 38.8 Å². The molecule has 0 bridgehead atoms. The van der Waals surface area contributed by atoms with Gasteiger partial charge in [0.05, 0.1) is 17.7 Å². The molecule has 156 valence electrons. The molecular formula is C21H28N3O4S+. The second-order valence-corrected chi connectivity index (χ2v) is 9.05. The number of carbonyl (C=O) groups is 1. The Kier molecular flexibility index (Phi) is 6.87. The quantitative estimate of drug-likeness (QED) is 0.700. The number of benzene rings is 1. The molecule has 0 aliphatic carbocycles. The highest BCUT2D eigenvalue weighted by Gasteiger charge is 2.27. The average molecular weight is 419 g/mol. The van der Waals surface area contributed by atoms with Crippen molar-refractivity contribution >= 4 is 21.6 Å². The summed E-state index contributed by atoms with van der Waals surface area (Å²) in [5.41, 5.74) is 1.54. The zero-order valence-electron chi connectivity index (χ0n) is 16.9. The van der Waals surface area contributed by atoms with E-state index in [-0.39, 0.29) is 17.3 Å². The van der Waals surface area contributed by atoms with E-state index in [1.807, 2.05) is 24.5 Å². The van der Waals surface area contributed by atoms with Crippen molar-refractivity contribution in [3.05, 3.63) is 48.3 Å². The Bertz CT molecular complexity index is 952. The van der Waals surface area contributed by atoms with Gasteiger partial charge in [-0.3, -0.25) is 4.79 Å².